The molecule has 2 aliphatic heterocycles. The van der Waals surface area contributed by atoms with Crippen molar-refractivity contribution < 1.29 is 29.1 Å². The highest BCUT2D eigenvalue weighted by atomic mass is 16.5. The fraction of sp³-hybridized carbons (Fsp3) is 0.583. The van der Waals surface area contributed by atoms with E-state index >= 15 is 0 Å². The first-order valence-corrected chi connectivity index (χ1v) is 12.3. The topological polar surface area (TPSA) is 134 Å². The van der Waals surface area contributed by atoms with Gasteiger partial charge in [-0.15, -0.1) is 0 Å². The van der Waals surface area contributed by atoms with Crippen LogP contribution >= 0.6 is 0 Å². The van der Waals surface area contributed by atoms with Crippen molar-refractivity contribution in [2.24, 2.45) is 11.7 Å². The summed E-state index contributed by atoms with van der Waals surface area (Å²) in [6, 6.07) is 3.98. The molecule has 34 heavy (non-hydrogen) atoms. The van der Waals surface area contributed by atoms with Crippen LogP contribution in [-0.2, 0) is 4.79 Å². The average Bonchev–Trinajstić information content (AvgIpc) is 2.75. The van der Waals surface area contributed by atoms with Crippen LogP contribution in [0.3, 0.4) is 0 Å². The second-order valence-corrected chi connectivity index (χ2v) is 9.86. The van der Waals surface area contributed by atoms with Crippen LogP contribution in [-0.4, -0.2) is 72.4 Å². The third-order valence-electron chi connectivity index (χ3n) is 7.63. The maximum Gasteiger partial charge on any atom is 0.530 e. The molecule has 0 unspecified atom stereocenters. The number of likely N-dealkylation sites (tertiary alicyclic amines) is 1. The molecule has 1 saturated carbocycles. The van der Waals surface area contributed by atoms with Crippen molar-refractivity contribution in [1.82, 2.24) is 10.2 Å². The van der Waals surface area contributed by atoms with Crippen molar-refractivity contribution in [1.29, 1.82) is 0 Å². The summed E-state index contributed by atoms with van der Waals surface area (Å²) >= 11 is 0. The normalized spacial score (nSPS) is 27.7. The Morgan fingerprint density at radius 3 is 2.62 bits per heavy atom. The lowest BCUT2D eigenvalue weighted by Crippen LogP contribution is -2.56. The molecule has 0 spiro atoms. The van der Waals surface area contributed by atoms with Crippen molar-refractivity contribution in [3.05, 3.63) is 35.4 Å². The van der Waals surface area contributed by atoms with E-state index < -0.39 is 13.1 Å². The van der Waals surface area contributed by atoms with Crippen LogP contribution in [0.1, 0.15) is 53.9 Å². The highest BCUT2D eigenvalue weighted by Crippen LogP contribution is 2.51. The highest BCUT2D eigenvalue weighted by molar-refractivity contribution is 6.48. The van der Waals surface area contributed by atoms with Gasteiger partial charge < -0.3 is 35.5 Å². The molecule has 1 aromatic rings. The quantitative estimate of drug-likeness (QED) is 0.331. The summed E-state index contributed by atoms with van der Waals surface area (Å²) in [6.07, 6.45) is 8.34. The van der Waals surface area contributed by atoms with E-state index in [0.717, 1.165) is 37.8 Å². The van der Waals surface area contributed by atoms with Crippen molar-refractivity contribution in [3.63, 3.8) is 0 Å². The number of hydrogen-bond donors (Lipinski definition) is 4. The number of ether oxygens (including phenoxy) is 1. The molecule has 2 aliphatic carbocycles. The van der Waals surface area contributed by atoms with E-state index in [4.69, 9.17) is 15.1 Å². The van der Waals surface area contributed by atoms with E-state index in [1.807, 2.05) is 18.2 Å². The van der Waals surface area contributed by atoms with Gasteiger partial charge in [0.15, 0.2) is 0 Å². The summed E-state index contributed by atoms with van der Waals surface area (Å²) < 4.78 is 11.5. The number of hydrogen-bond acceptors (Lipinski definition) is 7. The summed E-state index contributed by atoms with van der Waals surface area (Å²) in [7, 11) is -1.07. The second kappa shape index (κ2) is 9.60. The Hall–Kier alpha value is -2.56. The minimum absolute atomic E-state index is 0.0470. The van der Waals surface area contributed by atoms with Crippen molar-refractivity contribution in [3.8, 4) is 11.5 Å². The zero-order valence-corrected chi connectivity index (χ0v) is 19.2. The van der Waals surface area contributed by atoms with Gasteiger partial charge in [0.2, 0.25) is 5.91 Å². The minimum Gasteiger partial charge on any atom is -0.535 e. The molecule has 0 aromatic heterocycles. The standard InChI is InChI=1S/C24H32BN3O6/c26-9-10-27-15-3-1-14(2-4-15)11-21(29)28-12-16(13-28)33-20-8-6-18-17-5-7-19(17)25(32)34-23(18)22(20)24(30)31/h5-8,14-17,19,27,32H,1-4,9-13,26H2,(H,30,31)/t14?,15?,17-,19-/m1/s1. The average molecular weight is 469 g/mol. The highest BCUT2D eigenvalue weighted by Gasteiger charge is 2.46. The van der Waals surface area contributed by atoms with Crippen molar-refractivity contribution >= 4 is 19.0 Å². The molecule has 1 aromatic carbocycles. The lowest BCUT2D eigenvalue weighted by atomic mass is 9.55. The molecular formula is C24H32BN3O6. The van der Waals surface area contributed by atoms with Gasteiger partial charge in [-0.1, -0.05) is 18.2 Å². The molecule has 0 radical (unpaired) electrons. The van der Waals surface area contributed by atoms with Gasteiger partial charge in [0.05, 0.1) is 13.1 Å². The number of amides is 1. The molecule has 5 rings (SSSR count). The Bertz CT molecular complexity index is 974. The number of carboxylic acids is 1. The number of carboxylic acid groups (broad SMARTS) is 1. The smallest absolute Gasteiger partial charge is 0.530 e. The van der Waals surface area contributed by atoms with Crippen LogP contribution in [0.4, 0.5) is 0 Å². The number of allylic oxidation sites excluding steroid dienone is 2. The molecule has 10 heteroatoms. The Morgan fingerprint density at radius 2 is 1.97 bits per heavy atom. The van der Waals surface area contributed by atoms with E-state index in [1.165, 1.54) is 0 Å². The lowest BCUT2D eigenvalue weighted by molar-refractivity contribution is -0.141. The van der Waals surface area contributed by atoms with Gasteiger partial charge in [0.25, 0.3) is 0 Å². The Morgan fingerprint density at radius 1 is 1.21 bits per heavy atom. The van der Waals surface area contributed by atoms with Crippen LogP contribution in [0, 0.1) is 5.92 Å². The summed E-state index contributed by atoms with van der Waals surface area (Å²) in [5.41, 5.74) is 6.24. The van der Waals surface area contributed by atoms with E-state index in [-0.39, 0.29) is 40.8 Å². The zero-order valence-electron chi connectivity index (χ0n) is 19.2. The Labute approximate surface area is 199 Å². The fourth-order valence-electron chi connectivity index (χ4n) is 5.53. The summed E-state index contributed by atoms with van der Waals surface area (Å²) in [5, 5.41) is 23.5. The number of carbonyl (C=O) groups is 2. The molecule has 9 nitrogen and oxygen atoms in total. The summed E-state index contributed by atoms with van der Waals surface area (Å²) in [4.78, 5) is 26.5. The number of nitrogens with two attached hydrogens (primary N) is 1. The Kier molecular flexibility index (Phi) is 6.55. The number of nitrogens with one attached hydrogen (secondary N) is 1. The van der Waals surface area contributed by atoms with Gasteiger partial charge in [-0.25, -0.2) is 4.79 Å². The van der Waals surface area contributed by atoms with Gasteiger partial charge in [-0.2, -0.15) is 0 Å². The first-order chi connectivity index (χ1) is 16.4. The van der Waals surface area contributed by atoms with Crippen LogP contribution in [0.15, 0.2) is 24.3 Å². The largest absolute Gasteiger partial charge is 0.535 e. The summed E-state index contributed by atoms with van der Waals surface area (Å²) in [5.74, 6) is -0.428. The molecular weight excluding hydrogens is 437 g/mol. The number of aromatic carboxylic acids is 1. The predicted octanol–water partition coefficient (Wildman–Crippen LogP) is 1.37. The monoisotopic (exact) mass is 469 g/mol. The molecule has 0 bridgehead atoms. The lowest BCUT2D eigenvalue weighted by Gasteiger charge is -2.41. The Balaban J connectivity index is 1.15. The number of carbonyl (C=O) groups excluding carboxylic acids is 1. The molecule has 1 amide bonds. The van der Waals surface area contributed by atoms with Gasteiger partial charge in [0, 0.05) is 42.9 Å². The third-order valence-corrected chi connectivity index (χ3v) is 7.63. The van der Waals surface area contributed by atoms with Crippen LogP contribution < -0.4 is 20.4 Å². The molecule has 2 fully saturated rings. The van der Waals surface area contributed by atoms with E-state index in [9.17, 15) is 19.7 Å². The molecule has 2 atom stereocenters. The van der Waals surface area contributed by atoms with E-state index in [0.29, 0.717) is 38.0 Å². The van der Waals surface area contributed by atoms with Gasteiger partial charge in [-0.3, -0.25) is 4.79 Å². The maximum absolute atomic E-state index is 12.7. The fourth-order valence-corrected chi connectivity index (χ4v) is 5.53. The molecule has 1 saturated heterocycles. The van der Waals surface area contributed by atoms with Crippen LogP contribution in [0.2, 0.25) is 5.82 Å². The van der Waals surface area contributed by atoms with Crippen LogP contribution in [0.25, 0.3) is 0 Å². The maximum atomic E-state index is 12.7. The molecule has 182 valence electrons. The second-order valence-electron chi connectivity index (χ2n) is 9.86. The molecule has 4 aliphatic rings. The van der Waals surface area contributed by atoms with Crippen LogP contribution in [0.5, 0.6) is 11.5 Å². The molecule has 2 heterocycles. The van der Waals surface area contributed by atoms with E-state index in [1.54, 1.807) is 11.0 Å². The number of nitrogens with zero attached hydrogens (tertiary/aromatic N) is 1. The van der Waals surface area contributed by atoms with E-state index in [2.05, 4.69) is 5.32 Å². The van der Waals surface area contributed by atoms with Crippen molar-refractivity contribution in [2.75, 3.05) is 26.2 Å². The first kappa shape index (κ1) is 23.2. The minimum atomic E-state index is -1.16. The van der Waals surface area contributed by atoms with Gasteiger partial charge >= 0.3 is 13.1 Å². The number of fused-ring (bicyclic) bond motifs is 3. The number of rotatable bonds is 8. The predicted molar refractivity (Wildman–Crippen MR) is 126 cm³/mol. The third kappa shape index (κ3) is 4.42. The molecule has 5 N–H and O–H groups in total. The summed E-state index contributed by atoms with van der Waals surface area (Å²) in [6.45, 7) is 2.37. The van der Waals surface area contributed by atoms with Crippen molar-refractivity contribution in [2.45, 2.75) is 56.0 Å². The first-order valence-electron chi connectivity index (χ1n) is 12.3. The van der Waals surface area contributed by atoms with Gasteiger partial charge in [-0.05, 0) is 37.7 Å². The van der Waals surface area contributed by atoms with Gasteiger partial charge in [0.1, 0.15) is 23.2 Å². The zero-order chi connectivity index (χ0) is 23.8. The SMILES string of the molecule is NCCNC1CCC(CC(=O)N2CC(Oc3ccc4c(c3C(=O)O)OB(O)[C@@H]3C=C[C@H]43)C2)CC1. The number of benzene rings is 1.